The van der Waals surface area contributed by atoms with Gasteiger partial charge >= 0.3 is 0 Å². The minimum atomic E-state index is -0.115. The molecule has 0 saturated heterocycles. The Bertz CT molecular complexity index is 655. The molecule has 0 fully saturated rings. The van der Waals surface area contributed by atoms with Crippen LogP contribution in [0.2, 0.25) is 10.0 Å². The number of hydrogen-bond donors (Lipinski definition) is 1. The molecule has 0 heterocycles. The first-order valence-electron chi connectivity index (χ1n) is 6.76. The van der Waals surface area contributed by atoms with Gasteiger partial charge in [0, 0.05) is 0 Å². The monoisotopic (exact) mass is 321 g/mol. The van der Waals surface area contributed by atoms with Crippen molar-refractivity contribution >= 4 is 29.1 Å². The van der Waals surface area contributed by atoms with E-state index in [1.54, 1.807) is 12.1 Å². The van der Waals surface area contributed by atoms with Gasteiger partial charge in [0.25, 0.3) is 0 Å². The molecule has 1 N–H and O–H groups in total. The van der Waals surface area contributed by atoms with E-state index in [4.69, 9.17) is 23.2 Å². The van der Waals surface area contributed by atoms with Gasteiger partial charge in [0.05, 0.1) is 22.5 Å². The van der Waals surface area contributed by atoms with Crippen molar-refractivity contribution in [2.24, 2.45) is 0 Å². The first-order valence-corrected chi connectivity index (χ1v) is 7.52. The molecule has 2 aromatic rings. The molecule has 4 heteroatoms. The van der Waals surface area contributed by atoms with E-state index in [-0.39, 0.29) is 11.9 Å². The number of carbonyl (C=O) groups excluding carboxylic acids is 1. The molecule has 0 aliphatic heterocycles. The van der Waals surface area contributed by atoms with Crippen LogP contribution >= 0.6 is 23.2 Å². The maximum Gasteiger partial charge on any atom is 0.224 e. The standard InChI is InChI=1S/C17H17Cl2NO/c1-11-5-3-4-6-13(11)10-17(21)20-12(2)14-7-8-15(18)16(19)9-14/h3-9,12H,10H2,1-2H3,(H,20,21). The molecule has 0 bridgehead atoms. The van der Waals surface area contributed by atoms with Crippen LogP contribution in [-0.2, 0) is 11.2 Å². The maximum atomic E-state index is 12.1. The van der Waals surface area contributed by atoms with E-state index in [1.807, 2.05) is 44.2 Å². The van der Waals surface area contributed by atoms with Gasteiger partial charge in [-0.15, -0.1) is 0 Å². The Morgan fingerprint density at radius 3 is 2.52 bits per heavy atom. The van der Waals surface area contributed by atoms with Gasteiger partial charge < -0.3 is 5.32 Å². The van der Waals surface area contributed by atoms with Crippen molar-refractivity contribution in [3.05, 3.63) is 69.2 Å². The summed E-state index contributed by atoms with van der Waals surface area (Å²) in [4.78, 5) is 12.1. The van der Waals surface area contributed by atoms with Gasteiger partial charge in [-0.1, -0.05) is 53.5 Å². The van der Waals surface area contributed by atoms with Crippen molar-refractivity contribution < 1.29 is 4.79 Å². The topological polar surface area (TPSA) is 29.1 Å². The fraction of sp³-hybridized carbons (Fsp3) is 0.235. The Balaban J connectivity index is 2.02. The van der Waals surface area contributed by atoms with E-state index in [2.05, 4.69) is 5.32 Å². The van der Waals surface area contributed by atoms with Gasteiger partial charge in [-0.05, 0) is 42.7 Å². The highest BCUT2D eigenvalue weighted by Gasteiger charge is 2.12. The summed E-state index contributed by atoms with van der Waals surface area (Å²) in [5, 5.41) is 3.99. The Kier molecular flexibility index (Phi) is 5.27. The smallest absolute Gasteiger partial charge is 0.224 e. The first kappa shape index (κ1) is 15.9. The molecule has 0 radical (unpaired) electrons. The lowest BCUT2D eigenvalue weighted by atomic mass is 10.0. The summed E-state index contributed by atoms with van der Waals surface area (Å²) in [6, 6.07) is 13.2. The predicted octanol–water partition coefficient (Wildman–Crippen LogP) is 4.72. The lowest BCUT2D eigenvalue weighted by molar-refractivity contribution is -0.121. The van der Waals surface area contributed by atoms with E-state index < -0.39 is 0 Å². The fourth-order valence-electron chi connectivity index (χ4n) is 2.14. The molecule has 110 valence electrons. The minimum Gasteiger partial charge on any atom is -0.349 e. The lowest BCUT2D eigenvalue weighted by Crippen LogP contribution is -2.28. The molecule has 0 aromatic heterocycles. The highest BCUT2D eigenvalue weighted by Crippen LogP contribution is 2.25. The number of hydrogen-bond acceptors (Lipinski definition) is 1. The maximum absolute atomic E-state index is 12.1. The molecular formula is C17H17Cl2NO. The number of halogens is 2. The van der Waals surface area contributed by atoms with Crippen LogP contribution in [0.5, 0.6) is 0 Å². The second-order valence-corrected chi connectivity index (χ2v) is 5.88. The second kappa shape index (κ2) is 6.97. The highest BCUT2D eigenvalue weighted by molar-refractivity contribution is 6.42. The van der Waals surface area contributed by atoms with Crippen LogP contribution in [0, 0.1) is 6.92 Å². The van der Waals surface area contributed by atoms with Crippen molar-refractivity contribution in [1.29, 1.82) is 0 Å². The molecule has 0 aliphatic carbocycles. The van der Waals surface area contributed by atoms with Crippen LogP contribution in [0.4, 0.5) is 0 Å². The van der Waals surface area contributed by atoms with E-state index in [1.165, 1.54) is 0 Å². The van der Waals surface area contributed by atoms with Crippen molar-refractivity contribution in [2.45, 2.75) is 26.3 Å². The van der Waals surface area contributed by atoms with E-state index >= 15 is 0 Å². The molecule has 0 saturated carbocycles. The minimum absolute atomic E-state index is 0.0112. The quantitative estimate of drug-likeness (QED) is 0.867. The number of amides is 1. The first-order chi connectivity index (χ1) is 9.97. The summed E-state index contributed by atoms with van der Waals surface area (Å²) < 4.78 is 0. The third kappa shape index (κ3) is 4.23. The molecule has 0 spiro atoms. The Hall–Kier alpha value is -1.51. The molecule has 2 rings (SSSR count). The van der Waals surface area contributed by atoms with Gasteiger partial charge in [-0.25, -0.2) is 0 Å². The predicted molar refractivity (Wildman–Crippen MR) is 87.9 cm³/mol. The average Bonchev–Trinajstić information content (AvgIpc) is 2.44. The number of carbonyl (C=O) groups is 1. The lowest BCUT2D eigenvalue weighted by Gasteiger charge is -2.15. The molecule has 1 atom stereocenters. The molecule has 0 aliphatic rings. The van der Waals surface area contributed by atoms with Gasteiger partial charge in [0.15, 0.2) is 0 Å². The van der Waals surface area contributed by atoms with E-state index in [0.29, 0.717) is 16.5 Å². The van der Waals surface area contributed by atoms with Crippen molar-refractivity contribution in [1.82, 2.24) is 5.32 Å². The summed E-state index contributed by atoms with van der Waals surface area (Å²) in [5.74, 6) is -0.0112. The van der Waals surface area contributed by atoms with Gasteiger partial charge in [-0.3, -0.25) is 4.79 Å². The van der Waals surface area contributed by atoms with Crippen LogP contribution in [0.1, 0.15) is 29.7 Å². The molecule has 1 amide bonds. The largest absolute Gasteiger partial charge is 0.349 e. The number of aryl methyl sites for hydroxylation is 1. The zero-order chi connectivity index (χ0) is 15.4. The molecular weight excluding hydrogens is 305 g/mol. The van der Waals surface area contributed by atoms with Crippen molar-refractivity contribution in [3.63, 3.8) is 0 Å². The van der Waals surface area contributed by atoms with Gasteiger partial charge in [0.2, 0.25) is 5.91 Å². The van der Waals surface area contributed by atoms with Crippen molar-refractivity contribution in [2.75, 3.05) is 0 Å². The number of rotatable bonds is 4. The average molecular weight is 322 g/mol. The van der Waals surface area contributed by atoms with E-state index in [9.17, 15) is 4.79 Å². The van der Waals surface area contributed by atoms with E-state index in [0.717, 1.165) is 16.7 Å². The Morgan fingerprint density at radius 1 is 1.14 bits per heavy atom. The third-order valence-electron chi connectivity index (χ3n) is 3.43. The SMILES string of the molecule is Cc1ccccc1CC(=O)NC(C)c1ccc(Cl)c(Cl)c1. The summed E-state index contributed by atoms with van der Waals surface area (Å²) in [6.07, 6.45) is 0.373. The molecule has 21 heavy (non-hydrogen) atoms. The molecule has 1 unspecified atom stereocenters. The molecule has 2 nitrogen and oxygen atoms in total. The highest BCUT2D eigenvalue weighted by atomic mass is 35.5. The molecule has 2 aromatic carbocycles. The van der Waals surface area contributed by atoms with Crippen LogP contribution < -0.4 is 5.32 Å². The van der Waals surface area contributed by atoms with Crippen LogP contribution in [0.15, 0.2) is 42.5 Å². The Morgan fingerprint density at radius 2 is 1.86 bits per heavy atom. The van der Waals surface area contributed by atoms with Crippen LogP contribution in [0.3, 0.4) is 0 Å². The summed E-state index contributed by atoms with van der Waals surface area (Å²) in [6.45, 7) is 3.93. The second-order valence-electron chi connectivity index (χ2n) is 5.07. The van der Waals surface area contributed by atoms with Crippen molar-refractivity contribution in [3.8, 4) is 0 Å². The van der Waals surface area contributed by atoms with Crippen LogP contribution in [0.25, 0.3) is 0 Å². The number of nitrogens with one attached hydrogen (secondary N) is 1. The fourth-order valence-corrected chi connectivity index (χ4v) is 2.45. The van der Waals surface area contributed by atoms with Gasteiger partial charge in [0.1, 0.15) is 0 Å². The zero-order valence-corrected chi connectivity index (χ0v) is 13.5. The third-order valence-corrected chi connectivity index (χ3v) is 4.17. The summed E-state index contributed by atoms with van der Waals surface area (Å²) in [7, 11) is 0. The van der Waals surface area contributed by atoms with Crippen LogP contribution in [-0.4, -0.2) is 5.91 Å². The normalized spacial score (nSPS) is 12.0. The zero-order valence-electron chi connectivity index (χ0n) is 12.0. The van der Waals surface area contributed by atoms with Gasteiger partial charge in [-0.2, -0.15) is 0 Å². The summed E-state index contributed by atoms with van der Waals surface area (Å²) in [5.41, 5.74) is 3.09. The number of benzene rings is 2. The Labute approximate surface area is 135 Å². The summed E-state index contributed by atoms with van der Waals surface area (Å²) >= 11 is 11.9.